The van der Waals surface area contributed by atoms with Gasteiger partial charge in [0.1, 0.15) is 10.7 Å². The van der Waals surface area contributed by atoms with Crippen molar-refractivity contribution in [2.75, 3.05) is 4.72 Å². The summed E-state index contributed by atoms with van der Waals surface area (Å²) in [5, 5.41) is -0.0671. The Morgan fingerprint density at radius 3 is 2.32 bits per heavy atom. The molecule has 0 aromatic heterocycles. The Hall–Kier alpha value is -1.30. The van der Waals surface area contributed by atoms with E-state index < -0.39 is 15.8 Å². The van der Waals surface area contributed by atoms with Gasteiger partial charge in [0, 0.05) is 0 Å². The smallest absolute Gasteiger partial charge is 0.263 e. The second-order valence-corrected chi connectivity index (χ2v) is 6.13. The van der Waals surface area contributed by atoms with E-state index in [-0.39, 0.29) is 20.6 Å². The summed E-state index contributed by atoms with van der Waals surface area (Å²) in [7, 11) is -3.84. The first-order valence-electron chi connectivity index (χ1n) is 5.12. The van der Waals surface area contributed by atoms with Crippen LogP contribution in [0.25, 0.3) is 0 Å². The Morgan fingerprint density at radius 2 is 1.68 bits per heavy atom. The molecule has 0 saturated carbocycles. The fourth-order valence-electron chi connectivity index (χ4n) is 1.43. The third-order valence-corrected chi connectivity index (χ3v) is 4.47. The minimum absolute atomic E-state index is 0.0582. The van der Waals surface area contributed by atoms with Crippen LogP contribution in [-0.2, 0) is 10.0 Å². The molecule has 0 bridgehead atoms. The van der Waals surface area contributed by atoms with Gasteiger partial charge in [0.2, 0.25) is 0 Å². The zero-order valence-corrected chi connectivity index (χ0v) is 11.7. The first-order valence-corrected chi connectivity index (χ1v) is 7.36. The summed E-state index contributed by atoms with van der Waals surface area (Å²) in [4.78, 5) is -0.0582. The Labute approximate surface area is 120 Å². The van der Waals surface area contributed by atoms with Crippen LogP contribution < -0.4 is 4.72 Å². The molecule has 0 aliphatic rings. The van der Waals surface area contributed by atoms with Crippen LogP contribution in [0.3, 0.4) is 0 Å². The van der Waals surface area contributed by atoms with Crippen molar-refractivity contribution in [1.29, 1.82) is 0 Å². The zero-order valence-electron chi connectivity index (χ0n) is 9.40. The number of benzene rings is 2. The number of rotatable bonds is 3. The quantitative estimate of drug-likeness (QED) is 0.931. The normalized spacial score (nSPS) is 11.3. The number of anilines is 1. The van der Waals surface area contributed by atoms with E-state index in [0.29, 0.717) is 0 Å². The first kappa shape index (κ1) is 14.1. The lowest BCUT2D eigenvalue weighted by Crippen LogP contribution is -2.13. The highest BCUT2D eigenvalue weighted by atomic mass is 35.5. The van der Waals surface area contributed by atoms with Crippen molar-refractivity contribution in [2.45, 2.75) is 4.90 Å². The zero-order chi connectivity index (χ0) is 14.0. The lowest BCUT2D eigenvalue weighted by molar-refractivity contribution is 0.601. The van der Waals surface area contributed by atoms with Gasteiger partial charge < -0.3 is 0 Å². The van der Waals surface area contributed by atoms with Crippen molar-refractivity contribution in [1.82, 2.24) is 0 Å². The molecule has 3 nitrogen and oxygen atoms in total. The van der Waals surface area contributed by atoms with Crippen molar-refractivity contribution < 1.29 is 12.8 Å². The molecule has 0 atom stereocenters. The van der Waals surface area contributed by atoms with Crippen molar-refractivity contribution in [3.63, 3.8) is 0 Å². The summed E-state index contributed by atoms with van der Waals surface area (Å²) in [6.07, 6.45) is 0. The fraction of sp³-hybridized carbons (Fsp3) is 0. The van der Waals surface area contributed by atoms with E-state index >= 15 is 0 Å². The maximum atomic E-state index is 13.0. The molecule has 0 saturated heterocycles. The molecule has 0 unspecified atom stereocenters. The number of sulfonamides is 1. The number of nitrogens with one attached hydrogen (secondary N) is 1. The molecule has 0 spiro atoms. The molecule has 0 aliphatic heterocycles. The fourth-order valence-corrected chi connectivity index (χ4v) is 3.18. The lowest BCUT2D eigenvalue weighted by Gasteiger charge is -2.09. The van der Waals surface area contributed by atoms with Gasteiger partial charge >= 0.3 is 0 Å². The average Bonchev–Trinajstić information content (AvgIpc) is 2.34. The number of hydrogen-bond donors (Lipinski definition) is 1. The van der Waals surface area contributed by atoms with Crippen LogP contribution in [0.2, 0.25) is 10.0 Å². The maximum Gasteiger partial charge on any atom is 0.263 e. The molecule has 7 heteroatoms. The van der Waals surface area contributed by atoms with E-state index in [2.05, 4.69) is 4.72 Å². The monoisotopic (exact) mass is 319 g/mol. The van der Waals surface area contributed by atoms with E-state index in [0.717, 1.165) is 6.07 Å². The highest BCUT2D eigenvalue weighted by molar-refractivity contribution is 7.92. The van der Waals surface area contributed by atoms with Gasteiger partial charge in [-0.1, -0.05) is 35.3 Å². The molecule has 0 fully saturated rings. The molecule has 2 aromatic rings. The van der Waals surface area contributed by atoms with Gasteiger partial charge in [0.15, 0.2) is 0 Å². The van der Waals surface area contributed by atoms with Gasteiger partial charge in [0.05, 0.1) is 15.7 Å². The van der Waals surface area contributed by atoms with Crippen LogP contribution in [0.4, 0.5) is 10.1 Å². The minimum Gasteiger partial charge on any atom is -0.280 e. The topological polar surface area (TPSA) is 46.2 Å². The summed E-state index contributed by atoms with van der Waals surface area (Å²) in [6.45, 7) is 0. The molecule has 1 N–H and O–H groups in total. The van der Waals surface area contributed by atoms with Crippen LogP contribution in [0.5, 0.6) is 0 Å². The largest absolute Gasteiger partial charge is 0.280 e. The lowest BCUT2D eigenvalue weighted by atomic mass is 10.3. The summed E-state index contributed by atoms with van der Waals surface area (Å²) >= 11 is 11.4. The van der Waals surface area contributed by atoms with Crippen LogP contribution in [-0.4, -0.2) is 8.42 Å². The molecule has 0 aliphatic carbocycles. The predicted molar refractivity (Wildman–Crippen MR) is 73.7 cm³/mol. The molecule has 2 rings (SSSR count). The van der Waals surface area contributed by atoms with Crippen LogP contribution in [0.1, 0.15) is 0 Å². The maximum absolute atomic E-state index is 13.0. The third-order valence-electron chi connectivity index (χ3n) is 2.30. The van der Waals surface area contributed by atoms with E-state index in [1.165, 1.54) is 24.3 Å². The summed E-state index contributed by atoms with van der Waals surface area (Å²) in [5.41, 5.74) is 0.159. The predicted octanol–water partition coefficient (Wildman–Crippen LogP) is 3.93. The van der Waals surface area contributed by atoms with Crippen molar-refractivity contribution in [2.24, 2.45) is 0 Å². The van der Waals surface area contributed by atoms with Crippen molar-refractivity contribution in [3.05, 3.63) is 58.3 Å². The first-order chi connectivity index (χ1) is 8.90. The average molecular weight is 320 g/mol. The van der Waals surface area contributed by atoms with Crippen LogP contribution in [0.15, 0.2) is 47.4 Å². The van der Waals surface area contributed by atoms with E-state index in [1.807, 2.05) is 0 Å². The number of hydrogen-bond acceptors (Lipinski definition) is 2. The molecule has 2 aromatic carbocycles. The van der Waals surface area contributed by atoms with E-state index in [1.54, 1.807) is 12.1 Å². The highest BCUT2D eigenvalue weighted by Gasteiger charge is 2.17. The van der Waals surface area contributed by atoms with Gasteiger partial charge in [-0.05, 0) is 30.3 Å². The third kappa shape index (κ3) is 3.18. The Bertz CT molecular complexity index is 719. The van der Waals surface area contributed by atoms with Crippen LogP contribution in [0, 0.1) is 5.82 Å². The molecule has 19 heavy (non-hydrogen) atoms. The van der Waals surface area contributed by atoms with E-state index in [4.69, 9.17) is 23.2 Å². The summed E-state index contributed by atoms with van der Waals surface area (Å²) < 4.78 is 39.4. The summed E-state index contributed by atoms with van der Waals surface area (Å²) in [6, 6.07) is 9.55. The molecule has 0 heterocycles. The second-order valence-electron chi connectivity index (χ2n) is 3.66. The van der Waals surface area contributed by atoms with E-state index in [9.17, 15) is 12.8 Å². The molecular formula is C12H8Cl2FNO2S. The number of halogens is 3. The minimum atomic E-state index is -3.84. The Morgan fingerprint density at radius 1 is 1.00 bits per heavy atom. The SMILES string of the molecule is O=S(=O)(Nc1ccc(F)c(Cl)c1)c1ccccc1Cl. The second kappa shape index (κ2) is 5.36. The molecular weight excluding hydrogens is 312 g/mol. The molecule has 100 valence electrons. The highest BCUT2D eigenvalue weighted by Crippen LogP contribution is 2.25. The Balaban J connectivity index is 2.37. The van der Waals surface area contributed by atoms with Gasteiger partial charge in [-0.15, -0.1) is 0 Å². The molecule has 0 radical (unpaired) electrons. The van der Waals surface area contributed by atoms with Gasteiger partial charge in [-0.25, -0.2) is 12.8 Å². The van der Waals surface area contributed by atoms with Gasteiger partial charge in [-0.3, -0.25) is 4.72 Å². The Kier molecular flexibility index (Phi) is 3.99. The van der Waals surface area contributed by atoms with Crippen molar-refractivity contribution in [3.8, 4) is 0 Å². The standard InChI is InChI=1S/C12H8Cl2FNO2S/c13-9-3-1-2-4-12(9)19(17,18)16-8-5-6-11(15)10(14)7-8/h1-7,16H. The van der Waals surface area contributed by atoms with Gasteiger partial charge in [0.25, 0.3) is 10.0 Å². The van der Waals surface area contributed by atoms with Crippen molar-refractivity contribution >= 4 is 38.9 Å². The van der Waals surface area contributed by atoms with Crippen LogP contribution >= 0.6 is 23.2 Å². The molecule has 0 amide bonds. The van der Waals surface area contributed by atoms with Gasteiger partial charge in [-0.2, -0.15) is 0 Å². The summed E-state index contributed by atoms with van der Waals surface area (Å²) in [5.74, 6) is -0.623.